The lowest BCUT2D eigenvalue weighted by atomic mass is 10.1. The van der Waals surface area contributed by atoms with Gasteiger partial charge >= 0.3 is 0 Å². The summed E-state index contributed by atoms with van der Waals surface area (Å²) in [5.74, 6) is 0.908. The first-order chi connectivity index (χ1) is 13.0. The minimum Gasteiger partial charge on any atom is -0.497 e. The summed E-state index contributed by atoms with van der Waals surface area (Å²) >= 11 is 0. The number of anilines is 1. The molecule has 0 spiro atoms. The molecule has 2 amide bonds. The number of rotatable bonds is 4. The Labute approximate surface area is 160 Å². The molecular weight excluding hydrogens is 344 g/mol. The summed E-state index contributed by atoms with van der Waals surface area (Å²) < 4.78 is 10.4. The molecule has 6 nitrogen and oxygen atoms in total. The van der Waals surface area contributed by atoms with Crippen LogP contribution in [0.25, 0.3) is 0 Å². The van der Waals surface area contributed by atoms with Crippen LogP contribution in [-0.4, -0.2) is 37.5 Å². The van der Waals surface area contributed by atoms with Gasteiger partial charge in [0.25, 0.3) is 5.91 Å². The maximum atomic E-state index is 12.9. The molecule has 1 aliphatic heterocycles. The Morgan fingerprint density at radius 3 is 2.26 bits per heavy atom. The van der Waals surface area contributed by atoms with Crippen molar-refractivity contribution in [2.45, 2.75) is 27.3 Å². The summed E-state index contributed by atoms with van der Waals surface area (Å²) in [6, 6.07) is 10.7. The molecule has 1 aliphatic rings. The van der Waals surface area contributed by atoms with Gasteiger partial charge < -0.3 is 19.7 Å². The second-order valence-corrected chi connectivity index (χ2v) is 5.91. The Morgan fingerprint density at radius 1 is 1.00 bits per heavy atom. The zero-order valence-electron chi connectivity index (χ0n) is 16.5. The second-order valence-electron chi connectivity index (χ2n) is 5.91. The van der Waals surface area contributed by atoms with Crippen molar-refractivity contribution in [1.82, 2.24) is 4.90 Å². The molecule has 0 radical (unpaired) electrons. The lowest BCUT2D eigenvalue weighted by molar-refractivity contribution is -0.116. The van der Waals surface area contributed by atoms with E-state index in [1.54, 1.807) is 32.4 Å². The third-order valence-corrected chi connectivity index (χ3v) is 4.26. The molecule has 0 aliphatic carbocycles. The molecule has 0 bridgehead atoms. The van der Waals surface area contributed by atoms with Crippen molar-refractivity contribution in [2.75, 3.05) is 26.1 Å². The fourth-order valence-electron chi connectivity index (χ4n) is 2.85. The van der Waals surface area contributed by atoms with E-state index in [1.807, 2.05) is 39.0 Å². The van der Waals surface area contributed by atoms with Crippen LogP contribution in [0.4, 0.5) is 5.69 Å². The molecule has 2 aromatic rings. The Morgan fingerprint density at radius 2 is 1.63 bits per heavy atom. The fraction of sp³-hybridized carbons (Fsp3) is 0.333. The molecule has 6 heteroatoms. The Hall–Kier alpha value is -3.02. The van der Waals surface area contributed by atoms with E-state index >= 15 is 0 Å². The standard InChI is InChI=1S/C19H20N2O4.C2H6/c1-12-8-14(24-2)5-4-13(12)10-21-11-18(22)20-17-7-6-15(25-3)9-16(17)19(21)23;1-2/h4-9H,10-11H2,1-3H3,(H,20,22);1-2H3. The van der Waals surface area contributed by atoms with Crippen molar-refractivity contribution in [3.63, 3.8) is 0 Å². The van der Waals surface area contributed by atoms with Gasteiger partial charge in [0.05, 0.1) is 25.5 Å². The van der Waals surface area contributed by atoms with Crippen molar-refractivity contribution in [3.8, 4) is 11.5 Å². The first-order valence-electron chi connectivity index (χ1n) is 8.92. The topological polar surface area (TPSA) is 67.9 Å². The number of amides is 2. The fourth-order valence-corrected chi connectivity index (χ4v) is 2.85. The quantitative estimate of drug-likeness (QED) is 0.892. The highest BCUT2D eigenvalue weighted by atomic mass is 16.5. The van der Waals surface area contributed by atoms with Crippen molar-refractivity contribution in [2.24, 2.45) is 0 Å². The van der Waals surface area contributed by atoms with Crippen molar-refractivity contribution < 1.29 is 19.1 Å². The molecule has 0 unspecified atom stereocenters. The van der Waals surface area contributed by atoms with Crippen LogP contribution in [0.15, 0.2) is 36.4 Å². The molecule has 1 heterocycles. The number of carbonyl (C=O) groups is 2. The van der Waals surface area contributed by atoms with Crippen LogP contribution in [0, 0.1) is 6.92 Å². The molecular formula is C21H26N2O4. The van der Waals surface area contributed by atoms with E-state index < -0.39 is 0 Å². The molecule has 0 saturated heterocycles. The molecule has 2 aromatic carbocycles. The number of aryl methyl sites for hydroxylation is 1. The predicted octanol–water partition coefficient (Wildman–Crippen LogP) is 3.63. The lowest BCUT2D eigenvalue weighted by Crippen LogP contribution is -2.34. The summed E-state index contributed by atoms with van der Waals surface area (Å²) in [6.07, 6.45) is 0. The van der Waals surface area contributed by atoms with Gasteiger partial charge in [-0.1, -0.05) is 19.9 Å². The van der Waals surface area contributed by atoms with E-state index in [2.05, 4.69) is 5.32 Å². The minimum atomic E-state index is -0.219. The number of benzene rings is 2. The van der Waals surface area contributed by atoms with Gasteiger partial charge in [0, 0.05) is 6.54 Å². The normalized spacial score (nSPS) is 13.0. The number of nitrogens with one attached hydrogen (secondary N) is 1. The van der Waals surface area contributed by atoms with Gasteiger partial charge in [-0.05, 0) is 48.4 Å². The highest BCUT2D eigenvalue weighted by Gasteiger charge is 2.27. The average molecular weight is 370 g/mol. The first-order valence-corrected chi connectivity index (χ1v) is 8.92. The maximum Gasteiger partial charge on any atom is 0.256 e. The molecule has 1 N–H and O–H groups in total. The Kier molecular flexibility index (Phi) is 6.82. The zero-order chi connectivity index (χ0) is 20.0. The van der Waals surface area contributed by atoms with Crippen LogP contribution in [0.3, 0.4) is 0 Å². The van der Waals surface area contributed by atoms with Crippen LogP contribution in [0.1, 0.15) is 35.3 Å². The first kappa shape index (κ1) is 20.3. The predicted molar refractivity (Wildman–Crippen MR) is 105 cm³/mol. The van der Waals surface area contributed by atoms with Gasteiger partial charge in [-0.25, -0.2) is 0 Å². The molecule has 3 rings (SSSR count). The summed E-state index contributed by atoms with van der Waals surface area (Å²) in [7, 11) is 3.15. The van der Waals surface area contributed by atoms with E-state index in [0.717, 1.165) is 16.9 Å². The van der Waals surface area contributed by atoms with Gasteiger partial charge in [-0.2, -0.15) is 0 Å². The highest BCUT2D eigenvalue weighted by molar-refractivity contribution is 6.08. The number of ether oxygens (including phenoxy) is 2. The summed E-state index contributed by atoms with van der Waals surface area (Å²) in [6.45, 7) is 6.30. The van der Waals surface area contributed by atoms with Gasteiger partial charge in [-0.3, -0.25) is 9.59 Å². The van der Waals surface area contributed by atoms with Crippen molar-refractivity contribution >= 4 is 17.5 Å². The molecule has 0 aromatic heterocycles. The highest BCUT2D eigenvalue weighted by Crippen LogP contribution is 2.27. The second kappa shape index (κ2) is 9.07. The maximum absolute atomic E-state index is 12.9. The lowest BCUT2D eigenvalue weighted by Gasteiger charge is -2.21. The number of methoxy groups -OCH3 is 2. The SMILES string of the molecule is CC.COc1ccc(CN2CC(=O)Nc3ccc(OC)cc3C2=O)c(C)c1. The Bertz CT molecular complexity index is 833. The summed E-state index contributed by atoms with van der Waals surface area (Å²) in [4.78, 5) is 26.7. The van der Waals surface area contributed by atoms with Crippen LogP contribution in [-0.2, 0) is 11.3 Å². The number of fused-ring (bicyclic) bond motifs is 1. The number of hydrogen-bond donors (Lipinski definition) is 1. The number of hydrogen-bond acceptors (Lipinski definition) is 4. The van der Waals surface area contributed by atoms with Crippen molar-refractivity contribution in [1.29, 1.82) is 0 Å². The van der Waals surface area contributed by atoms with Gasteiger partial charge in [-0.15, -0.1) is 0 Å². The molecule has 27 heavy (non-hydrogen) atoms. The van der Waals surface area contributed by atoms with Gasteiger partial charge in [0.15, 0.2) is 0 Å². The third-order valence-electron chi connectivity index (χ3n) is 4.26. The average Bonchev–Trinajstić information content (AvgIpc) is 2.80. The largest absolute Gasteiger partial charge is 0.497 e. The van der Waals surface area contributed by atoms with E-state index in [9.17, 15) is 9.59 Å². The van der Waals surface area contributed by atoms with E-state index in [1.165, 1.54) is 4.90 Å². The molecule has 0 fully saturated rings. The van der Waals surface area contributed by atoms with Crippen LogP contribution in [0.5, 0.6) is 11.5 Å². The number of carbonyl (C=O) groups excluding carboxylic acids is 2. The molecule has 0 atom stereocenters. The molecule has 144 valence electrons. The van der Waals surface area contributed by atoms with E-state index in [4.69, 9.17) is 9.47 Å². The zero-order valence-corrected chi connectivity index (χ0v) is 16.5. The molecule has 0 saturated carbocycles. The smallest absolute Gasteiger partial charge is 0.256 e. The van der Waals surface area contributed by atoms with Crippen LogP contribution >= 0.6 is 0 Å². The van der Waals surface area contributed by atoms with E-state index in [-0.39, 0.29) is 18.4 Å². The minimum absolute atomic E-state index is 0.00129. The van der Waals surface area contributed by atoms with Gasteiger partial charge in [0.2, 0.25) is 5.91 Å². The Balaban J connectivity index is 0.00000126. The summed E-state index contributed by atoms with van der Waals surface area (Å²) in [5, 5.41) is 2.78. The van der Waals surface area contributed by atoms with Crippen LogP contribution in [0.2, 0.25) is 0 Å². The van der Waals surface area contributed by atoms with E-state index in [0.29, 0.717) is 23.5 Å². The monoisotopic (exact) mass is 370 g/mol. The van der Waals surface area contributed by atoms with Gasteiger partial charge in [0.1, 0.15) is 18.0 Å². The third kappa shape index (κ3) is 4.58. The van der Waals surface area contributed by atoms with Crippen LogP contribution < -0.4 is 14.8 Å². The van der Waals surface area contributed by atoms with Crippen molar-refractivity contribution in [3.05, 3.63) is 53.1 Å². The summed E-state index contributed by atoms with van der Waals surface area (Å²) in [5.41, 5.74) is 2.90. The number of nitrogens with zero attached hydrogens (tertiary/aromatic N) is 1.